The fourth-order valence-corrected chi connectivity index (χ4v) is 3.67. The highest BCUT2D eigenvalue weighted by Gasteiger charge is 2.20. The van der Waals surface area contributed by atoms with Crippen LogP contribution >= 0.6 is 0 Å². The first kappa shape index (κ1) is 19.6. The standard InChI is InChI=1S/C17H24N2O.C6H5F/c1-3-18-9-7-16(8-10-18)19-11-6-14-4-5-15(13(2)20)12-17(14)19;7-6-4-2-1-3-5-6/h4-6,11-13,16,20H,3,7-10H2,1-2H3;1-5H. The minimum absolute atomic E-state index is 0.178. The minimum atomic E-state index is -0.398. The van der Waals surface area contributed by atoms with E-state index < -0.39 is 6.10 Å². The molecule has 1 aromatic heterocycles. The molecule has 0 amide bonds. The zero-order valence-electron chi connectivity index (χ0n) is 16.2. The number of hydrogen-bond donors (Lipinski definition) is 1. The highest BCUT2D eigenvalue weighted by molar-refractivity contribution is 5.81. The number of aliphatic hydroxyl groups is 1. The second kappa shape index (κ2) is 9.16. The zero-order chi connectivity index (χ0) is 19.2. The molecule has 1 aliphatic heterocycles. The van der Waals surface area contributed by atoms with Crippen molar-refractivity contribution in [3.05, 3.63) is 72.2 Å². The molecule has 0 spiro atoms. The largest absolute Gasteiger partial charge is 0.389 e. The average Bonchev–Trinajstić information content (AvgIpc) is 3.12. The minimum Gasteiger partial charge on any atom is -0.389 e. The van der Waals surface area contributed by atoms with Gasteiger partial charge >= 0.3 is 0 Å². The van der Waals surface area contributed by atoms with Crippen molar-refractivity contribution in [1.29, 1.82) is 0 Å². The van der Waals surface area contributed by atoms with Crippen LogP contribution in [0, 0.1) is 5.82 Å². The van der Waals surface area contributed by atoms with Gasteiger partial charge in [0.25, 0.3) is 0 Å². The van der Waals surface area contributed by atoms with Crippen LogP contribution in [0.4, 0.5) is 4.39 Å². The van der Waals surface area contributed by atoms with Crippen LogP contribution in [-0.4, -0.2) is 34.2 Å². The molecule has 4 heteroatoms. The van der Waals surface area contributed by atoms with E-state index in [0.29, 0.717) is 6.04 Å². The molecular weight excluding hydrogens is 339 g/mol. The van der Waals surface area contributed by atoms with Crippen LogP contribution in [0.2, 0.25) is 0 Å². The van der Waals surface area contributed by atoms with Crippen LogP contribution in [0.25, 0.3) is 10.9 Å². The molecule has 1 aliphatic rings. The predicted octanol–water partition coefficient (Wildman–Crippen LogP) is 5.18. The van der Waals surface area contributed by atoms with Crippen LogP contribution in [0.15, 0.2) is 60.8 Å². The van der Waals surface area contributed by atoms with Crippen molar-refractivity contribution < 1.29 is 9.50 Å². The molecule has 2 aromatic carbocycles. The summed E-state index contributed by atoms with van der Waals surface area (Å²) >= 11 is 0. The maximum atomic E-state index is 11.9. The summed E-state index contributed by atoms with van der Waals surface area (Å²) in [6.07, 6.45) is 4.25. The van der Waals surface area contributed by atoms with Crippen molar-refractivity contribution >= 4 is 10.9 Å². The predicted molar refractivity (Wildman–Crippen MR) is 109 cm³/mol. The fourth-order valence-electron chi connectivity index (χ4n) is 3.67. The Hall–Kier alpha value is -2.17. The summed E-state index contributed by atoms with van der Waals surface area (Å²) < 4.78 is 14.3. The summed E-state index contributed by atoms with van der Waals surface area (Å²) in [5, 5.41) is 11.0. The lowest BCUT2D eigenvalue weighted by molar-refractivity contribution is 0.196. The number of aromatic nitrogens is 1. The first-order valence-corrected chi connectivity index (χ1v) is 9.80. The van der Waals surface area contributed by atoms with Crippen LogP contribution in [0.1, 0.15) is 44.4 Å². The van der Waals surface area contributed by atoms with E-state index in [1.54, 1.807) is 18.2 Å². The first-order valence-electron chi connectivity index (χ1n) is 9.80. The molecule has 27 heavy (non-hydrogen) atoms. The number of halogens is 1. The van der Waals surface area contributed by atoms with Crippen molar-refractivity contribution in [3.63, 3.8) is 0 Å². The molecule has 1 unspecified atom stereocenters. The molecule has 144 valence electrons. The third-order valence-corrected chi connectivity index (χ3v) is 5.36. The van der Waals surface area contributed by atoms with E-state index in [1.165, 1.54) is 49.0 Å². The lowest BCUT2D eigenvalue weighted by Gasteiger charge is -2.32. The topological polar surface area (TPSA) is 28.4 Å². The van der Waals surface area contributed by atoms with Crippen LogP contribution in [0.5, 0.6) is 0 Å². The molecule has 3 aromatic rings. The van der Waals surface area contributed by atoms with Gasteiger partial charge in [0, 0.05) is 30.8 Å². The highest BCUT2D eigenvalue weighted by Crippen LogP contribution is 2.29. The quantitative estimate of drug-likeness (QED) is 0.690. The van der Waals surface area contributed by atoms with E-state index in [2.05, 4.69) is 40.8 Å². The molecule has 0 radical (unpaired) electrons. The molecule has 3 nitrogen and oxygen atoms in total. The molecule has 2 heterocycles. The van der Waals surface area contributed by atoms with Gasteiger partial charge in [-0.25, -0.2) is 4.39 Å². The molecule has 1 fully saturated rings. The highest BCUT2D eigenvalue weighted by atomic mass is 19.1. The molecular formula is C23H29FN2O. The third kappa shape index (κ3) is 4.96. The SMILES string of the molecule is CCN1CCC(n2ccc3ccc(C(C)O)cc32)CC1.Fc1ccccc1. The monoisotopic (exact) mass is 368 g/mol. The smallest absolute Gasteiger partial charge is 0.123 e. The number of aliphatic hydroxyl groups excluding tert-OH is 1. The Labute approximate surface area is 161 Å². The van der Waals surface area contributed by atoms with E-state index in [-0.39, 0.29) is 5.82 Å². The molecule has 1 N–H and O–H groups in total. The lowest BCUT2D eigenvalue weighted by atomic mass is 10.0. The van der Waals surface area contributed by atoms with E-state index >= 15 is 0 Å². The van der Waals surface area contributed by atoms with Crippen molar-refractivity contribution in [2.75, 3.05) is 19.6 Å². The number of benzene rings is 2. The fraction of sp³-hybridized carbons (Fsp3) is 0.391. The Morgan fingerprint density at radius 1 is 1.07 bits per heavy atom. The summed E-state index contributed by atoms with van der Waals surface area (Å²) in [6, 6.07) is 17.0. The number of piperidine rings is 1. The van der Waals surface area contributed by atoms with Gasteiger partial charge in [-0.15, -0.1) is 0 Å². The Balaban J connectivity index is 0.000000253. The van der Waals surface area contributed by atoms with Crippen molar-refractivity contribution in [2.45, 2.75) is 38.8 Å². The van der Waals surface area contributed by atoms with Gasteiger partial charge in [-0.05, 0) is 61.5 Å². The third-order valence-electron chi connectivity index (χ3n) is 5.36. The van der Waals surface area contributed by atoms with Crippen LogP contribution < -0.4 is 0 Å². The summed E-state index contributed by atoms with van der Waals surface area (Å²) in [4.78, 5) is 2.52. The molecule has 0 bridgehead atoms. The number of nitrogens with zero attached hydrogens (tertiary/aromatic N) is 2. The van der Waals surface area contributed by atoms with Gasteiger partial charge in [-0.3, -0.25) is 0 Å². The molecule has 4 rings (SSSR count). The van der Waals surface area contributed by atoms with Gasteiger partial charge in [-0.2, -0.15) is 0 Å². The van der Waals surface area contributed by atoms with Gasteiger partial charge in [0.1, 0.15) is 5.82 Å². The molecule has 0 saturated carbocycles. The Morgan fingerprint density at radius 3 is 2.33 bits per heavy atom. The average molecular weight is 368 g/mol. The summed E-state index contributed by atoms with van der Waals surface area (Å²) in [5.41, 5.74) is 2.27. The number of hydrogen-bond acceptors (Lipinski definition) is 2. The Bertz CT molecular complexity index is 836. The van der Waals surface area contributed by atoms with E-state index in [4.69, 9.17) is 0 Å². The van der Waals surface area contributed by atoms with Gasteiger partial charge in [0.15, 0.2) is 0 Å². The first-order chi connectivity index (χ1) is 13.1. The number of fused-ring (bicyclic) bond motifs is 1. The number of rotatable bonds is 3. The second-order valence-corrected chi connectivity index (χ2v) is 7.18. The Morgan fingerprint density at radius 2 is 1.78 bits per heavy atom. The maximum absolute atomic E-state index is 11.9. The van der Waals surface area contributed by atoms with Crippen LogP contribution in [0.3, 0.4) is 0 Å². The Kier molecular flexibility index (Phi) is 6.64. The summed E-state index contributed by atoms with van der Waals surface area (Å²) in [7, 11) is 0. The lowest BCUT2D eigenvalue weighted by Crippen LogP contribution is -2.34. The van der Waals surface area contributed by atoms with Crippen LogP contribution in [-0.2, 0) is 0 Å². The molecule has 1 atom stereocenters. The molecule has 0 aliphatic carbocycles. The summed E-state index contributed by atoms with van der Waals surface area (Å²) in [6.45, 7) is 7.60. The van der Waals surface area contributed by atoms with E-state index in [1.807, 2.05) is 13.0 Å². The number of likely N-dealkylation sites (tertiary alicyclic amines) is 1. The maximum Gasteiger partial charge on any atom is 0.123 e. The molecule has 1 saturated heterocycles. The summed E-state index contributed by atoms with van der Waals surface area (Å²) in [5.74, 6) is -0.178. The van der Waals surface area contributed by atoms with Gasteiger partial charge in [0.05, 0.1) is 6.10 Å². The van der Waals surface area contributed by atoms with Crippen molar-refractivity contribution in [2.24, 2.45) is 0 Å². The normalized spacial score (nSPS) is 16.7. The van der Waals surface area contributed by atoms with Gasteiger partial charge < -0.3 is 14.6 Å². The van der Waals surface area contributed by atoms with Gasteiger partial charge in [0.2, 0.25) is 0 Å². The van der Waals surface area contributed by atoms with Gasteiger partial charge in [-0.1, -0.05) is 37.3 Å². The van der Waals surface area contributed by atoms with E-state index in [9.17, 15) is 9.50 Å². The second-order valence-electron chi connectivity index (χ2n) is 7.18. The zero-order valence-corrected chi connectivity index (χ0v) is 16.2. The van der Waals surface area contributed by atoms with Crippen molar-refractivity contribution in [1.82, 2.24) is 9.47 Å². The van der Waals surface area contributed by atoms with E-state index in [0.717, 1.165) is 12.1 Å². The van der Waals surface area contributed by atoms with Crippen molar-refractivity contribution in [3.8, 4) is 0 Å².